The minimum Gasteiger partial charge on any atom is -0.0986 e. The van der Waals surface area contributed by atoms with Crippen molar-refractivity contribution in [2.75, 3.05) is 0 Å². The van der Waals surface area contributed by atoms with Crippen molar-refractivity contribution in [2.24, 2.45) is 0 Å². The van der Waals surface area contributed by atoms with Crippen molar-refractivity contribution in [3.8, 4) is 0 Å². The third-order valence-electron chi connectivity index (χ3n) is 4.47. The molecule has 1 heteroatoms. The van der Waals surface area contributed by atoms with E-state index in [1.54, 1.807) is 0 Å². The van der Waals surface area contributed by atoms with Crippen LogP contribution >= 0.6 is 0 Å². The fourth-order valence-corrected chi connectivity index (χ4v) is 3.23. The van der Waals surface area contributed by atoms with Gasteiger partial charge in [0.1, 0.15) is 0 Å². The zero-order chi connectivity index (χ0) is 13.6. The predicted octanol–water partition coefficient (Wildman–Crippen LogP) is 4.71. The first-order chi connectivity index (χ1) is 9.80. The molecule has 21 heavy (non-hydrogen) atoms. The van der Waals surface area contributed by atoms with Crippen molar-refractivity contribution < 1.29 is 0 Å². The maximum absolute atomic E-state index is 4.25. The molecule has 0 N–H and O–H groups in total. The molecule has 2 radical (unpaired) electrons. The Hall–Kier alpha value is -1.57. The summed E-state index contributed by atoms with van der Waals surface area (Å²) in [5.41, 5.74) is 4.09. The maximum atomic E-state index is 4.25. The molecule has 1 saturated carbocycles. The predicted molar refractivity (Wildman–Crippen MR) is 90.7 cm³/mol. The molecular weight excluding hydrogens is 265 g/mol. The Labute approximate surface area is 141 Å². The molecule has 3 aromatic rings. The summed E-state index contributed by atoms with van der Waals surface area (Å²) in [6.45, 7) is 4.25. The van der Waals surface area contributed by atoms with Crippen molar-refractivity contribution in [3.63, 3.8) is 0 Å². The van der Waals surface area contributed by atoms with Crippen LogP contribution < -0.4 is 0 Å². The first kappa shape index (κ1) is 14.4. The van der Waals surface area contributed by atoms with Crippen LogP contribution in [0.25, 0.3) is 10.8 Å². The van der Waals surface area contributed by atoms with E-state index < -0.39 is 0 Å². The molecule has 1 atom stereocenters. The summed E-state index contributed by atoms with van der Waals surface area (Å²) in [5.74, 6) is 0. The summed E-state index contributed by atoms with van der Waals surface area (Å²) in [6.07, 6.45) is 1.06. The zero-order valence-electron chi connectivity index (χ0n) is 12.0. The topological polar surface area (TPSA) is 0 Å². The maximum Gasteiger partial charge on any atom is 0.0446 e. The van der Waals surface area contributed by atoms with Crippen LogP contribution in [0.5, 0.6) is 0 Å². The number of fused-ring (bicyclic) bond motifs is 1. The fraction of sp³-hybridized carbons (Fsp3) is 0.100. The van der Waals surface area contributed by atoms with E-state index in [0.717, 1.165) is 6.42 Å². The number of benzene rings is 3. The molecule has 1 fully saturated rings. The molecule has 1 aliphatic carbocycles. The van der Waals surface area contributed by atoms with E-state index in [9.17, 15) is 0 Å². The van der Waals surface area contributed by atoms with E-state index in [2.05, 4.69) is 79.4 Å². The third-order valence-corrected chi connectivity index (χ3v) is 4.47. The van der Waals surface area contributed by atoms with Gasteiger partial charge in [0.15, 0.2) is 0 Å². The van der Waals surface area contributed by atoms with Gasteiger partial charge in [-0.25, -0.2) is 0 Å². The van der Waals surface area contributed by atoms with Gasteiger partial charge in [0.2, 0.25) is 0 Å². The monoisotopic (exact) mass is 280 g/mol. The van der Waals surface area contributed by atoms with Gasteiger partial charge in [-0.2, -0.15) is 0 Å². The first-order valence-corrected chi connectivity index (χ1v) is 7.04. The Morgan fingerprint density at radius 1 is 0.714 bits per heavy atom. The van der Waals surface area contributed by atoms with Crippen LogP contribution in [0, 0.1) is 0 Å². The summed E-state index contributed by atoms with van der Waals surface area (Å²) >= 11 is 0. The highest BCUT2D eigenvalue weighted by Gasteiger charge is 2.50. The SMILES string of the molecule is C=C1CC1(c1ccccc1)c1ccc2ccccc2c1.[Mg]. The van der Waals surface area contributed by atoms with Gasteiger partial charge >= 0.3 is 0 Å². The number of hydrogen-bond acceptors (Lipinski definition) is 0. The molecule has 0 amide bonds. The van der Waals surface area contributed by atoms with Crippen LogP contribution in [0.1, 0.15) is 17.5 Å². The number of allylic oxidation sites excluding steroid dienone is 1. The van der Waals surface area contributed by atoms with Crippen molar-refractivity contribution in [3.05, 3.63) is 96.1 Å². The van der Waals surface area contributed by atoms with E-state index in [0.29, 0.717) is 0 Å². The van der Waals surface area contributed by atoms with Gasteiger partial charge in [-0.15, -0.1) is 0 Å². The standard InChI is InChI=1S/C20H16.Mg/c1-15-14-20(15,18-9-3-2-4-10-18)19-12-11-16-7-5-6-8-17(16)13-19;/h2-13H,1,14H2;. The van der Waals surface area contributed by atoms with Gasteiger partial charge in [-0.1, -0.05) is 78.9 Å². The summed E-state index contributed by atoms with van der Waals surface area (Å²) in [4.78, 5) is 0. The van der Waals surface area contributed by atoms with Crippen molar-refractivity contribution in [2.45, 2.75) is 11.8 Å². The van der Waals surface area contributed by atoms with E-state index >= 15 is 0 Å². The van der Waals surface area contributed by atoms with Gasteiger partial charge < -0.3 is 0 Å². The van der Waals surface area contributed by atoms with Crippen LogP contribution in [0.4, 0.5) is 0 Å². The van der Waals surface area contributed by atoms with Crippen LogP contribution in [0.2, 0.25) is 0 Å². The third kappa shape index (κ3) is 2.21. The van der Waals surface area contributed by atoms with Crippen LogP contribution in [0.3, 0.4) is 0 Å². The molecule has 0 saturated heterocycles. The van der Waals surface area contributed by atoms with Gasteiger partial charge in [0.05, 0.1) is 0 Å². The lowest BCUT2D eigenvalue weighted by Crippen LogP contribution is -2.08. The molecule has 0 aromatic heterocycles. The van der Waals surface area contributed by atoms with Crippen LogP contribution in [-0.2, 0) is 5.41 Å². The van der Waals surface area contributed by atoms with E-state index in [1.165, 1.54) is 27.5 Å². The lowest BCUT2D eigenvalue weighted by molar-refractivity contribution is 0.883. The van der Waals surface area contributed by atoms with Crippen LogP contribution in [0.15, 0.2) is 84.9 Å². The summed E-state index contributed by atoms with van der Waals surface area (Å²) in [7, 11) is 0. The van der Waals surface area contributed by atoms with Gasteiger partial charge in [0.25, 0.3) is 0 Å². The highest BCUT2D eigenvalue weighted by atomic mass is 24.3. The minimum atomic E-state index is 0. The Kier molecular flexibility index (Phi) is 3.64. The molecule has 4 rings (SSSR count). The van der Waals surface area contributed by atoms with Gasteiger partial charge in [-0.3, -0.25) is 0 Å². The van der Waals surface area contributed by atoms with Gasteiger partial charge in [-0.05, 0) is 34.4 Å². The molecule has 98 valence electrons. The molecule has 1 unspecified atom stereocenters. The van der Waals surface area contributed by atoms with E-state index in [-0.39, 0.29) is 28.5 Å². The zero-order valence-corrected chi connectivity index (χ0v) is 13.5. The highest BCUT2D eigenvalue weighted by Crippen LogP contribution is 2.57. The lowest BCUT2D eigenvalue weighted by Gasteiger charge is -2.17. The quantitative estimate of drug-likeness (QED) is 0.471. The van der Waals surface area contributed by atoms with E-state index in [4.69, 9.17) is 0 Å². The van der Waals surface area contributed by atoms with Crippen LogP contribution in [-0.4, -0.2) is 23.1 Å². The summed E-state index contributed by atoms with van der Waals surface area (Å²) < 4.78 is 0. The van der Waals surface area contributed by atoms with Crippen molar-refractivity contribution >= 4 is 33.8 Å². The number of hydrogen-bond donors (Lipinski definition) is 0. The second kappa shape index (κ2) is 5.32. The second-order valence-corrected chi connectivity index (χ2v) is 5.61. The summed E-state index contributed by atoms with van der Waals surface area (Å²) in [6, 6.07) is 26.1. The van der Waals surface area contributed by atoms with E-state index in [1.807, 2.05) is 0 Å². The minimum absolute atomic E-state index is 0. The molecule has 1 aliphatic rings. The van der Waals surface area contributed by atoms with Crippen molar-refractivity contribution in [1.82, 2.24) is 0 Å². The molecule has 0 aliphatic heterocycles. The second-order valence-electron chi connectivity index (χ2n) is 5.61. The number of rotatable bonds is 2. The smallest absolute Gasteiger partial charge is 0.0446 e. The van der Waals surface area contributed by atoms with Crippen molar-refractivity contribution in [1.29, 1.82) is 0 Å². The normalized spacial score (nSPS) is 20.1. The average Bonchev–Trinajstić information content (AvgIpc) is 3.20. The Morgan fingerprint density at radius 3 is 2.00 bits per heavy atom. The highest BCUT2D eigenvalue weighted by molar-refractivity contribution is 5.84. The molecular formula is C20H16Mg. The molecule has 3 aromatic carbocycles. The average molecular weight is 281 g/mol. The molecule has 0 bridgehead atoms. The Balaban J connectivity index is 0.00000132. The summed E-state index contributed by atoms with van der Waals surface area (Å²) in [5, 5.41) is 2.60. The Bertz CT molecular complexity index is 804. The van der Waals surface area contributed by atoms with Gasteiger partial charge in [0, 0.05) is 28.5 Å². The Morgan fingerprint density at radius 2 is 1.33 bits per heavy atom. The largest absolute Gasteiger partial charge is 0.0986 e. The molecule has 0 spiro atoms. The lowest BCUT2D eigenvalue weighted by atomic mass is 9.86. The molecule has 0 nitrogen and oxygen atoms in total. The molecule has 0 heterocycles. The first-order valence-electron chi connectivity index (χ1n) is 7.04. The fourth-order valence-electron chi connectivity index (χ4n) is 3.23.